The first-order chi connectivity index (χ1) is 17.9. The zero-order valence-electron chi connectivity index (χ0n) is 20.1. The molecule has 0 bridgehead atoms. The molecule has 37 heavy (non-hydrogen) atoms. The Hall–Kier alpha value is -4.98. The third-order valence-corrected chi connectivity index (χ3v) is 5.62. The molecule has 0 fully saturated rings. The highest BCUT2D eigenvalue weighted by atomic mass is 19.1. The molecule has 8 heteroatoms. The van der Waals surface area contributed by atoms with Crippen molar-refractivity contribution in [3.05, 3.63) is 108 Å². The number of carbonyl (C=O) groups excluding carboxylic acids is 2. The van der Waals surface area contributed by atoms with Gasteiger partial charge in [-0.1, -0.05) is 24.3 Å². The summed E-state index contributed by atoms with van der Waals surface area (Å²) in [5.41, 5.74) is 4.36. The Labute approximate surface area is 212 Å². The third kappa shape index (κ3) is 5.04. The number of nitrogens with zero attached hydrogens (tertiary/aromatic N) is 2. The van der Waals surface area contributed by atoms with Gasteiger partial charge in [-0.05, 0) is 78.7 Å². The molecule has 3 aromatic carbocycles. The van der Waals surface area contributed by atoms with Gasteiger partial charge in [0, 0.05) is 18.2 Å². The van der Waals surface area contributed by atoms with Crippen LogP contribution in [0.3, 0.4) is 0 Å². The highest BCUT2D eigenvalue weighted by Gasteiger charge is 2.26. The third-order valence-electron chi connectivity index (χ3n) is 5.62. The summed E-state index contributed by atoms with van der Waals surface area (Å²) in [5.74, 6) is -0.528. The number of rotatable bonds is 6. The Morgan fingerprint density at radius 1 is 0.973 bits per heavy atom. The number of furan rings is 1. The fraction of sp³-hybridized carbons (Fsp3) is 0.0690. The lowest BCUT2D eigenvalue weighted by molar-refractivity contribution is -0.132. The molecule has 0 aliphatic rings. The molecule has 0 saturated heterocycles. The minimum Gasteiger partial charge on any atom is -0.463 e. The molecule has 0 unspecified atom stereocenters. The maximum absolute atomic E-state index is 13.2. The number of hydrogen-bond donors (Lipinski definition) is 1. The monoisotopic (exact) mass is 495 g/mol. The zero-order chi connectivity index (χ0) is 25.9. The molecular formula is C29H22FN3O4. The standard InChI is InChI=1S/C29H22FN3O4/c1-18-5-3-6-24(17-18)33-29(37-19(2)34)26(27(32-33)25-7-4-16-36-25)20-10-14-23(15-11-20)31-28(35)21-8-12-22(30)13-9-21/h3-17H,1-2H3,(H,31,35). The number of esters is 1. The van der Waals surface area contributed by atoms with E-state index in [0.29, 0.717) is 33.8 Å². The molecule has 184 valence electrons. The molecule has 5 rings (SSSR count). The second-order valence-corrected chi connectivity index (χ2v) is 8.39. The van der Waals surface area contributed by atoms with E-state index in [1.54, 1.807) is 47.3 Å². The van der Waals surface area contributed by atoms with Crippen molar-refractivity contribution < 1.29 is 23.1 Å². The van der Waals surface area contributed by atoms with Crippen LogP contribution in [0.4, 0.5) is 10.1 Å². The average molecular weight is 496 g/mol. The Kier molecular flexibility index (Phi) is 6.38. The number of anilines is 1. The highest BCUT2D eigenvalue weighted by Crippen LogP contribution is 2.41. The minimum atomic E-state index is -0.496. The molecular weight excluding hydrogens is 473 g/mol. The fourth-order valence-electron chi connectivity index (χ4n) is 3.94. The molecule has 0 saturated carbocycles. The molecule has 5 aromatic rings. The first-order valence-corrected chi connectivity index (χ1v) is 11.5. The molecule has 0 spiro atoms. The number of aromatic nitrogens is 2. The lowest BCUT2D eigenvalue weighted by Gasteiger charge is -2.10. The average Bonchev–Trinajstić information content (AvgIpc) is 3.53. The van der Waals surface area contributed by atoms with E-state index in [9.17, 15) is 14.0 Å². The predicted octanol–water partition coefficient (Wildman–Crippen LogP) is 6.42. The minimum absolute atomic E-state index is 0.243. The van der Waals surface area contributed by atoms with Crippen molar-refractivity contribution >= 4 is 17.6 Å². The number of nitrogens with one attached hydrogen (secondary N) is 1. The van der Waals surface area contributed by atoms with Gasteiger partial charge in [0.1, 0.15) is 11.5 Å². The van der Waals surface area contributed by atoms with Gasteiger partial charge in [0.25, 0.3) is 5.91 Å². The van der Waals surface area contributed by atoms with Gasteiger partial charge in [-0.2, -0.15) is 9.78 Å². The van der Waals surface area contributed by atoms with Crippen LogP contribution in [0.2, 0.25) is 0 Å². The van der Waals surface area contributed by atoms with Gasteiger partial charge < -0.3 is 14.5 Å². The quantitative estimate of drug-likeness (QED) is 0.275. The van der Waals surface area contributed by atoms with E-state index in [-0.39, 0.29) is 11.8 Å². The van der Waals surface area contributed by atoms with Crippen LogP contribution < -0.4 is 10.1 Å². The summed E-state index contributed by atoms with van der Waals surface area (Å²) in [6, 6.07) is 23.5. The van der Waals surface area contributed by atoms with E-state index in [4.69, 9.17) is 14.3 Å². The van der Waals surface area contributed by atoms with Crippen LogP contribution in [0.5, 0.6) is 5.88 Å². The molecule has 1 N–H and O–H groups in total. The van der Waals surface area contributed by atoms with Crippen LogP contribution in [0.1, 0.15) is 22.8 Å². The van der Waals surface area contributed by atoms with E-state index < -0.39 is 11.8 Å². The van der Waals surface area contributed by atoms with Crippen molar-refractivity contribution in [2.24, 2.45) is 0 Å². The van der Waals surface area contributed by atoms with Crippen molar-refractivity contribution in [3.63, 3.8) is 0 Å². The SMILES string of the molecule is CC(=O)Oc1c(-c2ccc(NC(=O)c3ccc(F)cc3)cc2)c(-c2ccco2)nn1-c1cccc(C)c1. The van der Waals surface area contributed by atoms with Crippen molar-refractivity contribution in [1.82, 2.24) is 9.78 Å². The number of carbonyl (C=O) groups is 2. The lowest BCUT2D eigenvalue weighted by Crippen LogP contribution is -2.11. The van der Waals surface area contributed by atoms with Gasteiger partial charge in [0.2, 0.25) is 5.88 Å². The smallest absolute Gasteiger partial charge is 0.309 e. The van der Waals surface area contributed by atoms with Crippen LogP contribution in [0.15, 0.2) is 95.6 Å². The van der Waals surface area contributed by atoms with Gasteiger partial charge in [-0.25, -0.2) is 4.39 Å². The predicted molar refractivity (Wildman–Crippen MR) is 137 cm³/mol. The maximum atomic E-state index is 13.2. The Balaban J connectivity index is 1.57. The number of ether oxygens (including phenoxy) is 1. The summed E-state index contributed by atoms with van der Waals surface area (Å²) in [6.45, 7) is 3.30. The van der Waals surface area contributed by atoms with Crippen LogP contribution in [0, 0.1) is 12.7 Å². The van der Waals surface area contributed by atoms with E-state index in [2.05, 4.69) is 5.32 Å². The van der Waals surface area contributed by atoms with Gasteiger partial charge in [-0.3, -0.25) is 9.59 Å². The first-order valence-electron chi connectivity index (χ1n) is 11.5. The normalized spacial score (nSPS) is 10.8. The molecule has 2 aromatic heterocycles. The number of hydrogen-bond acceptors (Lipinski definition) is 5. The summed E-state index contributed by atoms with van der Waals surface area (Å²) in [7, 11) is 0. The number of halogens is 1. The van der Waals surface area contributed by atoms with Crippen molar-refractivity contribution in [2.75, 3.05) is 5.32 Å². The molecule has 0 atom stereocenters. The fourth-order valence-corrected chi connectivity index (χ4v) is 3.94. The lowest BCUT2D eigenvalue weighted by atomic mass is 10.0. The zero-order valence-corrected chi connectivity index (χ0v) is 20.1. The summed E-state index contributed by atoms with van der Waals surface area (Å²) in [4.78, 5) is 24.7. The van der Waals surface area contributed by atoms with Crippen molar-refractivity contribution in [2.45, 2.75) is 13.8 Å². The second-order valence-electron chi connectivity index (χ2n) is 8.39. The van der Waals surface area contributed by atoms with Crippen LogP contribution >= 0.6 is 0 Å². The molecule has 0 radical (unpaired) electrons. The van der Waals surface area contributed by atoms with Gasteiger partial charge in [0.05, 0.1) is 17.5 Å². The summed E-state index contributed by atoms with van der Waals surface area (Å²) in [6.07, 6.45) is 1.55. The number of amides is 1. The van der Waals surface area contributed by atoms with E-state index >= 15 is 0 Å². The Morgan fingerprint density at radius 2 is 1.73 bits per heavy atom. The van der Waals surface area contributed by atoms with Crippen molar-refractivity contribution in [1.29, 1.82) is 0 Å². The topological polar surface area (TPSA) is 86.4 Å². The summed E-state index contributed by atoms with van der Waals surface area (Å²) in [5, 5.41) is 7.55. The van der Waals surface area contributed by atoms with Gasteiger partial charge >= 0.3 is 5.97 Å². The van der Waals surface area contributed by atoms with E-state index in [1.165, 1.54) is 31.2 Å². The largest absolute Gasteiger partial charge is 0.463 e. The van der Waals surface area contributed by atoms with Crippen LogP contribution in [0.25, 0.3) is 28.3 Å². The van der Waals surface area contributed by atoms with E-state index in [1.807, 2.05) is 31.2 Å². The summed E-state index contributed by atoms with van der Waals surface area (Å²) >= 11 is 0. The molecule has 1 amide bonds. The second kappa shape index (κ2) is 9.94. The molecule has 0 aliphatic heterocycles. The van der Waals surface area contributed by atoms with E-state index in [0.717, 1.165) is 11.3 Å². The highest BCUT2D eigenvalue weighted by molar-refractivity contribution is 6.04. The molecule has 7 nitrogen and oxygen atoms in total. The summed E-state index contributed by atoms with van der Waals surface area (Å²) < 4.78 is 26.1. The maximum Gasteiger partial charge on any atom is 0.309 e. The number of benzene rings is 3. The Bertz CT molecular complexity index is 1570. The first kappa shape index (κ1) is 23.7. The van der Waals surface area contributed by atoms with Gasteiger partial charge in [0.15, 0.2) is 5.76 Å². The molecule has 0 aliphatic carbocycles. The Morgan fingerprint density at radius 3 is 2.38 bits per heavy atom. The van der Waals surface area contributed by atoms with Gasteiger partial charge in [-0.15, -0.1) is 0 Å². The van der Waals surface area contributed by atoms with Crippen LogP contribution in [-0.2, 0) is 4.79 Å². The number of aryl methyl sites for hydroxylation is 1. The molecule has 2 heterocycles. The van der Waals surface area contributed by atoms with Crippen LogP contribution in [-0.4, -0.2) is 21.7 Å². The van der Waals surface area contributed by atoms with Crippen molar-refractivity contribution in [3.8, 4) is 34.1 Å².